The molecule has 0 saturated heterocycles. The maximum absolute atomic E-state index is 13.7. The lowest BCUT2D eigenvalue weighted by Gasteiger charge is -2.23. The largest absolute Gasteiger partial charge is 0.460 e. The van der Waals surface area contributed by atoms with Gasteiger partial charge in [0.15, 0.2) is 11.6 Å². The van der Waals surface area contributed by atoms with Gasteiger partial charge in [-0.25, -0.2) is 9.38 Å². The van der Waals surface area contributed by atoms with E-state index in [1.54, 1.807) is 24.5 Å². The molecule has 0 fully saturated rings. The first kappa shape index (κ1) is 12.7. The molecule has 104 valence electrons. The van der Waals surface area contributed by atoms with Crippen molar-refractivity contribution in [2.24, 2.45) is 4.99 Å². The summed E-state index contributed by atoms with van der Waals surface area (Å²) in [5.41, 5.74) is 5.06. The number of hydrogen-bond donors (Lipinski definition) is 1. The van der Waals surface area contributed by atoms with E-state index in [4.69, 9.17) is 4.74 Å². The third kappa shape index (κ3) is 2.15. The molecule has 20 heavy (non-hydrogen) atoms. The number of rotatable bonds is 3. The smallest absolute Gasteiger partial charge is 0.234 e. The zero-order valence-electron chi connectivity index (χ0n) is 11.4. The molecule has 0 bridgehead atoms. The summed E-state index contributed by atoms with van der Waals surface area (Å²) in [6.07, 6.45) is 2.94. The van der Waals surface area contributed by atoms with Crippen molar-refractivity contribution in [3.8, 4) is 5.75 Å². The number of nitrogens with one attached hydrogen (secondary N) is 1. The van der Waals surface area contributed by atoms with Crippen LogP contribution in [0, 0.1) is 5.82 Å². The third-order valence-corrected chi connectivity index (χ3v) is 3.30. The number of halogens is 1. The summed E-state index contributed by atoms with van der Waals surface area (Å²) in [6, 6.07) is 8.39. The monoisotopic (exact) mass is 273 g/mol. The topological polar surface area (TPSA) is 38.5 Å². The highest BCUT2D eigenvalue weighted by Gasteiger charge is 2.25. The Morgan fingerprint density at radius 1 is 1.30 bits per heavy atom. The number of hydrogen-bond acceptors (Lipinski definition) is 3. The maximum atomic E-state index is 13.7. The Labute approximate surface area is 116 Å². The van der Waals surface area contributed by atoms with Gasteiger partial charge in [0.2, 0.25) is 6.23 Å². The van der Waals surface area contributed by atoms with Crippen LogP contribution in [0.4, 0.5) is 4.39 Å². The summed E-state index contributed by atoms with van der Waals surface area (Å²) in [5, 5.41) is 0. The summed E-state index contributed by atoms with van der Waals surface area (Å²) in [5.74, 6) is 0.164. The normalized spacial score (nSPS) is 16.9. The molecule has 1 aromatic heterocycles. The fourth-order valence-electron chi connectivity index (χ4n) is 2.30. The molecule has 0 amide bonds. The molecule has 3 rings (SSSR count). The van der Waals surface area contributed by atoms with E-state index in [1.807, 2.05) is 16.9 Å². The van der Waals surface area contributed by atoms with Gasteiger partial charge < -0.3 is 4.74 Å². The van der Waals surface area contributed by atoms with Crippen molar-refractivity contribution in [1.29, 1.82) is 0 Å². The summed E-state index contributed by atoms with van der Waals surface area (Å²) in [4.78, 5) is 4.28. The predicted octanol–water partition coefficient (Wildman–Crippen LogP) is 3.41. The second kappa shape index (κ2) is 5.00. The minimum Gasteiger partial charge on any atom is -0.460 e. The first-order valence-electron chi connectivity index (χ1n) is 6.57. The summed E-state index contributed by atoms with van der Waals surface area (Å²) >= 11 is 0. The van der Waals surface area contributed by atoms with Crippen LogP contribution < -0.4 is 10.2 Å². The highest BCUT2D eigenvalue weighted by atomic mass is 19.1. The third-order valence-electron chi connectivity index (χ3n) is 3.30. The SMILES string of the molecule is CC(C)c1ccn2c1C(Oc1ccccc1F)N=CN2. The van der Waals surface area contributed by atoms with Crippen LogP contribution >= 0.6 is 0 Å². The molecular weight excluding hydrogens is 257 g/mol. The number of fused-ring (bicyclic) bond motifs is 1. The maximum Gasteiger partial charge on any atom is 0.234 e. The van der Waals surface area contributed by atoms with Crippen LogP contribution in [0.25, 0.3) is 0 Å². The molecular formula is C15H16FN3O. The van der Waals surface area contributed by atoms with Gasteiger partial charge in [0.05, 0.1) is 0 Å². The molecule has 0 spiro atoms. The number of aromatic nitrogens is 1. The molecule has 1 aromatic carbocycles. The summed E-state index contributed by atoms with van der Waals surface area (Å²) in [6.45, 7) is 4.21. The van der Waals surface area contributed by atoms with Crippen molar-refractivity contribution in [2.45, 2.75) is 26.0 Å². The molecule has 0 radical (unpaired) electrons. The van der Waals surface area contributed by atoms with E-state index in [2.05, 4.69) is 24.3 Å². The molecule has 1 aliphatic rings. The van der Waals surface area contributed by atoms with Gasteiger partial charge >= 0.3 is 0 Å². The van der Waals surface area contributed by atoms with Gasteiger partial charge in [0.25, 0.3) is 0 Å². The Morgan fingerprint density at radius 2 is 2.10 bits per heavy atom. The lowest BCUT2D eigenvalue weighted by Crippen LogP contribution is -2.25. The van der Waals surface area contributed by atoms with Gasteiger partial charge in [0.1, 0.15) is 12.0 Å². The van der Waals surface area contributed by atoms with E-state index < -0.39 is 6.23 Å². The van der Waals surface area contributed by atoms with Crippen LogP contribution in [0.1, 0.15) is 37.3 Å². The molecule has 1 unspecified atom stereocenters. The van der Waals surface area contributed by atoms with Gasteiger partial charge in [-0.3, -0.25) is 10.1 Å². The Morgan fingerprint density at radius 3 is 2.85 bits per heavy atom. The van der Waals surface area contributed by atoms with Crippen LogP contribution in [0.3, 0.4) is 0 Å². The minimum atomic E-state index is -0.541. The van der Waals surface area contributed by atoms with Crippen molar-refractivity contribution in [2.75, 3.05) is 5.43 Å². The van der Waals surface area contributed by atoms with Crippen molar-refractivity contribution in [1.82, 2.24) is 4.68 Å². The van der Waals surface area contributed by atoms with E-state index in [1.165, 1.54) is 6.07 Å². The lowest BCUT2D eigenvalue weighted by molar-refractivity contribution is 0.195. The molecule has 1 aliphatic heterocycles. The predicted molar refractivity (Wildman–Crippen MR) is 76.1 cm³/mol. The summed E-state index contributed by atoms with van der Waals surface area (Å²) in [7, 11) is 0. The highest BCUT2D eigenvalue weighted by molar-refractivity contribution is 5.66. The van der Waals surface area contributed by atoms with Crippen LogP contribution in [0.5, 0.6) is 5.75 Å². The fraction of sp³-hybridized carbons (Fsp3) is 0.267. The number of para-hydroxylation sites is 1. The van der Waals surface area contributed by atoms with Gasteiger partial charge in [-0.1, -0.05) is 26.0 Å². The van der Waals surface area contributed by atoms with E-state index >= 15 is 0 Å². The number of benzene rings is 1. The standard InChI is InChI=1S/C15H16FN3O/c1-10(2)11-7-8-19-14(11)15(17-9-18-19)20-13-6-4-3-5-12(13)16/h3-10,15H,1-2H3,(H,17,18). The number of ether oxygens (including phenoxy) is 1. The van der Waals surface area contributed by atoms with E-state index in [-0.39, 0.29) is 11.6 Å². The minimum absolute atomic E-state index is 0.207. The van der Waals surface area contributed by atoms with Crippen LogP contribution in [0.2, 0.25) is 0 Å². The molecule has 1 atom stereocenters. The number of aliphatic imine (C=N–C) groups is 1. The Bertz CT molecular complexity index is 648. The van der Waals surface area contributed by atoms with E-state index in [0.717, 1.165) is 11.3 Å². The second-order valence-electron chi connectivity index (χ2n) is 4.99. The summed E-state index contributed by atoms with van der Waals surface area (Å²) < 4.78 is 21.3. The van der Waals surface area contributed by atoms with Gasteiger partial charge in [-0.2, -0.15) is 0 Å². The molecule has 2 heterocycles. The molecule has 0 saturated carbocycles. The number of nitrogens with zero attached hydrogens (tertiary/aromatic N) is 2. The quantitative estimate of drug-likeness (QED) is 0.930. The van der Waals surface area contributed by atoms with Crippen molar-refractivity contribution >= 4 is 6.34 Å². The lowest BCUT2D eigenvalue weighted by atomic mass is 10.0. The molecule has 4 nitrogen and oxygen atoms in total. The van der Waals surface area contributed by atoms with E-state index in [9.17, 15) is 4.39 Å². The van der Waals surface area contributed by atoms with Gasteiger partial charge in [-0.05, 0) is 29.7 Å². The zero-order chi connectivity index (χ0) is 14.1. The van der Waals surface area contributed by atoms with Crippen molar-refractivity contribution in [3.05, 3.63) is 53.6 Å². The van der Waals surface area contributed by atoms with Crippen LogP contribution in [-0.4, -0.2) is 11.0 Å². The molecule has 0 aliphatic carbocycles. The average Bonchev–Trinajstić information content (AvgIpc) is 2.86. The van der Waals surface area contributed by atoms with Gasteiger partial charge in [0, 0.05) is 6.20 Å². The van der Waals surface area contributed by atoms with Crippen molar-refractivity contribution in [3.63, 3.8) is 0 Å². The van der Waals surface area contributed by atoms with Gasteiger partial charge in [-0.15, -0.1) is 0 Å². The second-order valence-corrected chi connectivity index (χ2v) is 4.99. The van der Waals surface area contributed by atoms with Crippen molar-refractivity contribution < 1.29 is 9.13 Å². The average molecular weight is 273 g/mol. The molecule has 1 N–H and O–H groups in total. The highest BCUT2D eigenvalue weighted by Crippen LogP contribution is 2.32. The fourth-order valence-corrected chi connectivity index (χ4v) is 2.30. The molecule has 5 heteroatoms. The van der Waals surface area contributed by atoms with E-state index in [0.29, 0.717) is 5.92 Å². The Balaban J connectivity index is 1.96. The Hall–Kier alpha value is -2.30. The molecule has 2 aromatic rings. The Kier molecular flexibility index (Phi) is 3.18. The van der Waals surface area contributed by atoms with Crippen LogP contribution in [0.15, 0.2) is 41.5 Å². The van der Waals surface area contributed by atoms with Crippen LogP contribution in [-0.2, 0) is 0 Å². The zero-order valence-corrected chi connectivity index (χ0v) is 11.4. The first-order chi connectivity index (χ1) is 9.66. The first-order valence-corrected chi connectivity index (χ1v) is 6.57.